The standard InChI is InChI=1S/C10H13N3O4S/c1-18(15,16)13-9-4-8(17-6-2-3-6)7(5-12-9)10(11)14/h4-6H,2-3H2,1H3,(H2,11,14)(H,12,13). The van der Waals surface area contributed by atoms with Crippen molar-refractivity contribution in [2.24, 2.45) is 5.73 Å². The normalized spacial score (nSPS) is 15.2. The molecule has 0 bridgehead atoms. The first-order chi connectivity index (χ1) is 8.35. The third-order valence-electron chi connectivity index (χ3n) is 2.24. The van der Waals surface area contributed by atoms with Gasteiger partial charge in [-0.05, 0) is 12.8 Å². The van der Waals surface area contributed by atoms with E-state index in [0.717, 1.165) is 19.1 Å². The van der Waals surface area contributed by atoms with Gasteiger partial charge < -0.3 is 10.5 Å². The molecule has 1 fully saturated rings. The highest BCUT2D eigenvalue weighted by atomic mass is 32.2. The highest BCUT2D eigenvalue weighted by Crippen LogP contribution is 2.30. The van der Waals surface area contributed by atoms with E-state index < -0.39 is 15.9 Å². The van der Waals surface area contributed by atoms with E-state index in [0.29, 0.717) is 0 Å². The fraction of sp³-hybridized carbons (Fsp3) is 0.400. The van der Waals surface area contributed by atoms with Gasteiger partial charge in [-0.2, -0.15) is 0 Å². The van der Waals surface area contributed by atoms with Gasteiger partial charge in [0.15, 0.2) is 0 Å². The molecule has 1 aliphatic rings. The fourth-order valence-corrected chi connectivity index (χ4v) is 1.82. The van der Waals surface area contributed by atoms with Crippen LogP contribution in [0.5, 0.6) is 5.75 Å². The molecule has 8 heteroatoms. The molecule has 18 heavy (non-hydrogen) atoms. The first-order valence-corrected chi connectivity index (χ1v) is 7.18. The number of nitrogens with two attached hydrogens (primary N) is 1. The number of nitrogens with one attached hydrogen (secondary N) is 1. The number of carbonyl (C=O) groups is 1. The molecule has 3 N–H and O–H groups in total. The summed E-state index contributed by atoms with van der Waals surface area (Å²) in [5.41, 5.74) is 5.33. The molecule has 98 valence electrons. The van der Waals surface area contributed by atoms with E-state index in [-0.39, 0.29) is 23.2 Å². The van der Waals surface area contributed by atoms with E-state index in [1.165, 1.54) is 12.3 Å². The monoisotopic (exact) mass is 271 g/mol. The van der Waals surface area contributed by atoms with Gasteiger partial charge in [-0.15, -0.1) is 0 Å². The molecule has 0 atom stereocenters. The van der Waals surface area contributed by atoms with Crippen LogP contribution in [0.4, 0.5) is 5.82 Å². The highest BCUT2D eigenvalue weighted by Gasteiger charge is 2.26. The Hall–Kier alpha value is -1.83. The fourth-order valence-electron chi connectivity index (χ4n) is 1.33. The lowest BCUT2D eigenvalue weighted by atomic mass is 10.2. The Labute approximate surface area is 104 Å². The van der Waals surface area contributed by atoms with Gasteiger partial charge in [-0.1, -0.05) is 0 Å². The van der Waals surface area contributed by atoms with Crippen molar-refractivity contribution in [2.75, 3.05) is 11.0 Å². The number of hydrogen-bond donors (Lipinski definition) is 2. The Bertz CT molecular complexity index is 581. The van der Waals surface area contributed by atoms with Crippen molar-refractivity contribution in [1.29, 1.82) is 0 Å². The number of nitrogens with zero attached hydrogens (tertiary/aromatic N) is 1. The Balaban J connectivity index is 2.31. The second kappa shape index (κ2) is 4.45. The van der Waals surface area contributed by atoms with Crippen molar-refractivity contribution in [3.63, 3.8) is 0 Å². The average molecular weight is 271 g/mol. The lowest BCUT2D eigenvalue weighted by molar-refractivity contribution is 0.0995. The maximum atomic E-state index is 11.2. The predicted octanol–water partition coefficient (Wildman–Crippen LogP) is 0.0932. The van der Waals surface area contributed by atoms with Crippen LogP contribution in [0.2, 0.25) is 0 Å². The van der Waals surface area contributed by atoms with Crippen LogP contribution in [0.15, 0.2) is 12.3 Å². The zero-order chi connectivity index (χ0) is 13.3. The van der Waals surface area contributed by atoms with E-state index in [1.54, 1.807) is 0 Å². The number of aromatic nitrogens is 1. The number of rotatable bonds is 5. The van der Waals surface area contributed by atoms with Crippen LogP contribution in [-0.4, -0.2) is 31.7 Å². The molecule has 1 aliphatic carbocycles. The van der Waals surface area contributed by atoms with Gasteiger partial charge in [0.1, 0.15) is 11.6 Å². The second-order valence-electron chi connectivity index (χ2n) is 4.12. The molecular weight excluding hydrogens is 258 g/mol. The summed E-state index contributed by atoms with van der Waals surface area (Å²) in [4.78, 5) is 15.0. The number of carbonyl (C=O) groups excluding carboxylic acids is 1. The van der Waals surface area contributed by atoms with Gasteiger partial charge in [0.05, 0.1) is 17.9 Å². The molecule has 0 radical (unpaired) electrons. The van der Waals surface area contributed by atoms with Crippen LogP contribution in [0, 0.1) is 0 Å². The smallest absolute Gasteiger partial charge is 0.254 e. The first kappa shape index (κ1) is 12.6. The molecule has 0 aromatic carbocycles. The minimum Gasteiger partial charge on any atom is -0.489 e. The van der Waals surface area contributed by atoms with Gasteiger partial charge in [0.2, 0.25) is 10.0 Å². The Morgan fingerprint density at radius 2 is 2.22 bits per heavy atom. The lowest BCUT2D eigenvalue weighted by Gasteiger charge is -2.10. The van der Waals surface area contributed by atoms with Crippen molar-refractivity contribution in [3.05, 3.63) is 17.8 Å². The molecule has 1 amide bonds. The van der Waals surface area contributed by atoms with Gasteiger partial charge in [-0.25, -0.2) is 13.4 Å². The summed E-state index contributed by atoms with van der Waals surface area (Å²) < 4.78 is 29.9. The molecule has 2 rings (SSSR count). The third kappa shape index (κ3) is 3.33. The molecule has 7 nitrogen and oxygen atoms in total. The number of sulfonamides is 1. The molecule has 1 saturated carbocycles. The topological polar surface area (TPSA) is 111 Å². The van der Waals surface area contributed by atoms with Gasteiger partial charge in [0, 0.05) is 12.3 Å². The van der Waals surface area contributed by atoms with Crippen LogP contribution in [0.3, 0.4) is 0 Å². The Morgan fingerprint density at radius 1 is 1.56 bits per heavy atom. The summed E-state index contributed by atoms with van der Waals surface area (Å²) in [7, 11) is -3.42. The zero-order valence-electron chi connectivity index (χ0n) is 9.71. The van der Waals surface area contributed by atoms with Crippen LogP contribution >= 0.6 is 0 Å². The number of anilines is 1. The summed E-state index contributed by atoms with van der Waals surface area (Å²) in [6.45, 7) is 0. The number of hydrogen-bond acceptors (Lipinski definition) is 5. The van der Waals surface area contributed by atoms with Crippen LogP contribution in [0.1, 0.15) is 23.2 Å². The van der Waals surface area contributed by atoms with E-state index in [4.69, 9.17) is 10.5 Å². The quantitative estimate of drug-likeness (QED) is 0.788. The van der Waals surface area contributed by atoms with Crippen LogP contribution in [0.25, 0.3) is 0 Å². The molecule has 1 aromatic rings. The highest BCUT2D eigenvalue weighted by molar-refractivity contribution is 7.92. The molecular formula is C10H13N3O4S. The van der Waals surface area contributed by atoms with Crippen molar-refractivity contribution in [2.45, 2.75) is 18.9 Å². The molecule has 1 aromatic heterocycles. The Morgan fingerprint density at radius 3 is 2.72 bits per heavy atom. The largest absolute Gasteiger partial charge is 0.489 e. The SMILES string of the molecule is CS(=O)(=O)Nc1cc(OC2CC2)c(C(N)=O)cn1. The van der Waals surface area contributed by atoms with E-state index >= 15 is 0 Å². The summed E-state index contributed by atoms with van der Waals surface area (Å²) in [5.74, 6) is -0.312. The maximum absolute atomic E-state index is 11.2. The first-order valence-electron chi connectivity index (χ1n) is 5.29. The number of primary amides is 1. The maximum Gasteiger partial charge on any atom is 0.254 e. The van der Waals surface area contributed by atoms with Crippen LogP contribution in [-0.2, 0) is 10.0 Å². The molecule has 0 saturated heterocycles. The zero-order valence-corrected chi connectivity index (χ0v) is 10.5. The minimum atomic E-state index is -3.42. The van der Waals surface area contributed by atoms with E-state index in [9.17, 15) is 13.2 Å². The second-order valence-corrected chi connectivity index (χ2v) is 5.87. The number of ether oxygens (including phenoxy) is 1. The van der Waals surface area contributed by atoms with Crippen molar-refractivity contribution < 1.29 is 17.9 Å². The lowest BCUT2D eigenvalue weighted by Crippen LogP contribution is -2.16. The summed E-state index contributed by atoms with van der Waals surface area (Å²) in [6, 6.07) is 1.36. The number of amides is 1. The van der Waals surface area contributed by atoms with Gasteiger partial charge in [0.25, 0.3) is 5.91 Å². The number of pyridine rings is 1. The molecule has 0 aliphatic heterocycles. The predicted molar refractivity (Wildman–Crippen MR) is 64.9 cm³/mol. The van der Waals surface area contributed by atoms with Gasteiger partial charge in [-0.3, -0.25) is 9.52 Å². The minimum absolute atomic E-state index is 0.0663. The summed E-state index contributed by atoms with van der Waals surface area (Å²) in [6.07, 6.45) is 4.10. The Kier molecular flexibility index (Phi) is 3.12. The third-order valence-corrected chi connectivity index (χ3v) is 2.82. The van der Waals surface area contributed by atoms with E-state index in [1.807, 2.05) is 0 Å². The van der Waals surface area contributed by atoms with Crippen molar-refractivity contribution >= 4 is 21.7 Å². The van der Waals surface area contributed by atoms with E-state index in [2.05, 4.69) is 9.71 Å². The summed E-state index contributed by atoms with van der Waals surface area (Å²) >= 11 is 0. The van der Waals surface area contributed by atoms with Crippen LogP contribution < -0.4 is 15.2 Å². The average Bonchev–Trinajstić information content (AvgIpc) is 2.98. The summed E-state index contributed by atoms with van der Waals surface area (Å²) in [5, 5.41) is 0. The molecule has 1 heterocycles. The van der Waals surface area contributed by atoms with Crippen molar-refractivity contribution in [1.82, 2.24) is 4.98 Å². The molecule has 0 spiro atoms. The van der Waals surface area contributed by atoms with Crippen molar-refractivity contribution in [3.8, 4) is 5.75 Å². The molecule has 0 unspecified atom stereocenters. The van der Waals surface area contributed by atoms with Gasteiger partial charge >= 0.3 is 0 Å².